The van der Waals surface area contributed by atoms with Gasteiger partial charge in [-0.2, -0.15) is 0 Å². The molecule has 0 aliphatic rings. The number of hydrogen-bond donors (Lipinski definition) is 1. The summed E-state index contributed by atoms with van der Waals surface area (Å²) >= 11 is 5.89. The number of halogens is 1. The molecular formula is C16H15ClN2O3. The molecule has 0 saturated heterocycles. The molecule has 0 atom stereocenters. The van der Waals surface area contributed by atoms with Crippen LogP contribution in [0.15, 0.2) is 42.6 Å². The van der Waals surface area contributed by atoms with Gasteiger partial charge >= 0.3 is 0 Å². The van der Waals surface area contributed by atoms with E-state index in [1.54, 1.807) is 56.8 Å². The van der Waals surface area contributed by atoms with Gasteiger partial charge in [-0.1, -0.05) is 11.6 Å². The minimum Gasteiger partial charge on any atom is -0.497 e. The van der Waals surface area contributed by atoms with Crippen molar-refractivity contribution >= 4 is 29.3 Å². The van der Waals surface area contributed by atoms with Gasteiger partial charge < -0.3 is 14.8 Å². The number of amides is 1. The zero-order chi connectivity index (χ0) is 15.9. The molecule has 0 spiro atoms. The Morgan fingerprint density at radius 3 is 2.77 bits per heavy atom. The van der Waals surface area contributed by atoms with Crippen LogP contribution in [0.25, 0.3) is 6.08 Å². The third-order valence-electron chi connectivity index (χ3n) is 2.87. The number of benzene rings is 1. The summed E-state index contributed by atoms with van der Waals surface area (Å²) in [4.78, 5) is 15.8. The summed E-state index contributed by atoms with van der Waals surface area (Å²) in [7, 11) is 3.14. The van der Waals surface area contributed by atoms with Gasteiger partial charge in [-0.15, -0.1) is 0 Å². The number of carbonyl (C=O) groups is 1. The van der Waals surface area contributed by atoms with E-state index in [9.17, 15) is 4.79 Å². The molecule has 1 aromatic carbocycles. The molecule has 2 rings (SSSR count). The highest BCUT2D eigenvalue weighted by molar-refractivity contribution is 6.32. The highest BCUT2D eigenvalue weighted by Gasteiger charge is 2.05. The van der Waals surface area contributed by atoms with E-state index in [0.29, 0.717) is 17.2 Å². The molecule has 22 heavy (non-hydrogen) atoms. The average molecular weight is 319 g/mol. The van der Waals surface area contributed by atoms with Gasteiger partial charge in [0.05, 0.1) is 19.9 Å². The van der Waals surface area contributed by atoms with Crippen LogP contribution in [0.2, 0.25) is 5.15 Å². The minimum atomic E-state index is -0.320. The molecule has 0 aliphatic carbocycles. The number of methoxy groups -OCH3 is 2. The van der Waals surface area contributed by atoms with Crippen molar-refractivity contribution in [1.29, 1.82) is 0 Å². The van der Waals surface area contributed by atoms with E-state index in [-0.39, 0.29) is 11.1 Å². The van der Waals surface area contributed by atoms with Crippen LogP contribution in [-0.2, 0) is 4.79 Å². The molecule has 5 nitrogen and oxygen atoms in total. The lowest BCUT2D eigenvalue weighted by Crippen LogP contribution is -2.08. The predicted octanol–water partition coefficient (Wildman–Crippen LogP) is 3.40. The van der Waals surface area contributed by atoms with Crippen molar-refractivity contribution in [2.45, 2.75) is 0 Å². The third kappa shape index (κ3) is 3.99. The van der Waals surface area contributed by atoms with Crippen molar-refractivity contribution < 1.29 is 14.3 Å². The Bertz CT molecular complexity index is 702. The van der Waals surface area contributed by atoms with E-state index in [1.807, 2.05) is 0 Å². The zero-order valence-electron chi connectivity index (χ0n) is 12.2. The Morgan fingerprint density at radius 2 is 2.09 bits per heavy atom. The third-order valence-corrected chi connectivity index (χ3v) is 3.17. The van der Waals surface area contributed by atoms with Crippen molar-refractivity contribution in [2.24, 2.45) is 0 Å². The smallest absolute Gasteiger partial charge is 0.248 e. The van der Waals surface area contributed by atoms with Crippen LogP contribution in [0, 0.1) is 0 Å². The van der Waals surface area contributed by atoms with Crippen LogP contribution in [-0.4, -0.2) is 25.1 Å². The van der Waals surface area contributed by atoms with Gasteiger partial charge in [0.1, 0.15) is 11.5 Å². The zero-order valence-corrected chi connectivity index (χ0v) is 12.9. The average Bonchev–Trinajstić information content (AvgIpc) is 2.54. The fourth-order valence-electron chi connectivity index (χ4n) is 1.79. The molecule has 1 amide bonds. The maximum absolute atomic E-state index is 11.9. The molecule has 1 N–H and O–H groups in total. The van der Waals surface area contributed by atoms with Gasteiger partial charge in [-0.25, -0.2) is 4.98 Å². The molecule has 0 aliphatic heterocycles. The minimum absolute atomic E-state index is 0.239. The molecule has 0 saturated carbocycles. The van der Waals surface area contributed by atoms with Crippen LogP contribution >= 0.6 is 11.6 Å². The van der Waals surface area contributed by atoms with E-state index in [1.165, 1.54) is 6.08 Å². The largest absolute Gasteiger partial charge is 0.497 e. The van der Waals surface area contributed by atoms with E-state index >= 15 is 0 Å². The van der Waals surface area contributed by atoms with Crippen molar-refractivity contribution in [2.75, 3.05) is 19.5 Å². The number of nitrogens with one attached hydrogen (secondary N) is 1. The lowest BCUT2D eigenvalue weighted by Gasteiger charge is -2.07. The van der Waals surface area contributed by atoms with Crippen LogP contribution in [0.4, 0.5) is 5.69 Å². The van der Waals surface area contributed by atoms with Crippen molar-refractivity contribution in [3.8, 4) is 11.5 Å². The van der Waals surface area contributed by atoms with Gasteiger partial charge in [0.2, 0.25) is 5.91 Å². The second-order valence-electron chi connectivity index (χ2n) is 4.27. The number of aromatic nitrogens is 1. The topological polar surface area (TPSA) is 60.5 Å². The van der Waals surface area contributed by atoms with E-state index in [2.05, 4.69) is 10.3 Å². The highest BCUT2D eigenvalue weighted by atomic mass is 35.5. The summed E-state index contributed by atoms with van der Waals surface area (Å²) in [6, 6.07) is 8.70. The Morgan fingerprint density at radius 1 is 1.27 bits per heavy atom. The number of hydrogen-bond acceptors (Lipinski definition) is 4. The maximum atomic E-state index is 11.9. The van der Waals surface area contributed by atoms with Gasteiger partial charge in [-0.3, -0.25) is 4.79 Å². The van der Waals surface area contributed by atoms with E-state index in [4.69, 9.17) is 21.1 Å². The molecule has 0 fully saturated rings. The van der Waals surface area contributed by atoms with Gasteiger partial charge in [0, 0.05) is 17.8 Å². The normalized spacial score (nSPS) is 10.5. The molecular weight excluding hydrogens is 304 g/mol. The molecule has 0 bridgehead atoms. The first-order valence-electron chi connectivity index (χ1n) is 6.45. The standard InChI is InChI=1S/C16H15ClN2O3/c1-21-12-6-7-14(22-2)11(10-12)5-8-15(20)19-13-4-3-9-18-16(13)17/h3-10H,1-2H3,(H,19,20)/b8-5+. The molecule has 1 heterocycles. The van der Waals surface area contributed by atoms with E-state index in [0.717, 1.165) is 5.56 Å². The molecule has 1 aromatic heterocycles. The van der Waals surface area contributed by atoms with Crippen molar-refractivity contribution in [3.05, 3.63) is 53.3 Å². The summed E-state index contributed by atoms with van der Waals surface area (Å²) in [6.07, 6.45) is 4.58. The fraction of sp³-hybridized carbons (Fsp3) is 0.125. The van der Waals surface area contributed by atoms with Crippen molar-refractivity contribution in [3.63, 3.8) is 0 Å². The number of nitrogens with zero attached hydrogens (tertiary/aromatic N) is 1. The number of ether oxygens (including phenoxy) is 2. The summed E-state index contributed by atoms with van der Waals surface area (Å²) in [6.45, 7) is 0. The summed E-state index contributed by atoms with van der Waals surface area (Å²) in [5, 5.41) is 2.89. The monoisotopic (exact) mass is 318 g/mol. The predicted molar refractivity (Wildman–Crippen MR) is 86.5 cm³/mol. The first-order chi connectivity index (χ1) is 10.6. The fourth-order valence-corrected chi connectivity index (χ4v) is 1.96. The Labute approximate surface area is 133 Å². The van der Waals surface area contributed by atoms with Crippen LogP contribution in [0.5, 0.6) is 11.5 Å². The Balaban J connectivity index is 2.14. The van der Waals surface area contributed by atoms with Crippen LogP contribution < -0.4 is 14.8 Å². The van der Waals surface area contributed by atoms with Crippen LogP contribution in [0.3, 0.4) is 0 Å². The number of carbonyl (C=O) groups excluding carboxylic acids is 1. The first kappa shape index (κ1) is 15.9. The number of anilines is 1. The van der Waals surface area contributed by atoms with Crippen molar-refractivity contribution in [1.82, 2.24) is 4.98 Å². The second kappa shape index (κ2) is 7.47. The first-order valence-corrected chi connectivity index (χ1v) is 6.83. The van der Waals surface area contributed by atoms with Gasteiger partial charge in [0.15, 0.2) is 5.15 Å². The molecule has 2 aromatic rings. The van der Waals surface area contributed by atoms with Gasteiger partial charge in [0.25, 0.3) is 0 Å². The maximum Gasteiger partial charge on any atom is 0.248 e. The Kier molecular flexibility index (Phi) is 5.38. The molecule has 114 valence electrons. The van der Waals surface area contributed by atoms with Crippen LogP contribution in [0.1, 0.15) is 5.56 Å². The van der Waals surface area contributed by atoms with E-state index < -0.39 is 0 Å². The summed E-state index contributed by atoms with van der Waals surface area (Å²) in [5.74, 6) is 1.00. The number of pyridine rings is 1. The molecule has 0 unspecified atom stereocenters. The summed E-state index contributed by atoms with van der Waals surface area (Å²) in [5.41, 5.74) is 1.19. The lowest BCUT2D eigenvalue weighted by molar-refractivity contribution is -0.111. The highest BCUT2D eigenvalue weighted by Crippen LogP contribution is 2.25. The summed E-state index contributed by atoms with van der Waals surface area (Å²) < 4.78 is 10.4. The van der Waals surface area contributed by atoms with Gasteiger partial charge in [-0.05, 0) is 36.4 Å². The SMILES string of the molecule is COc1ccc(OC)c(/C=C/C(=O)Nc2cccnc2Cl)c1. The molecule has 0 radical (unpaired) electrons. The Hall–Kier alpha value is -2.53. The number of rotatable bonds is 5. The molecule has 6 heteroatoms. The second-order valence-corrected chi connectivity index (χ2v) is 4.63. The lowest BCUT2D eigenvalue weighted by atomic mass is 10.1. The quantitative estimate of drug-likeness (QED) is 0.678.